The number of benzene rings is 2. The SMILES string of the molecule is CC(=O)Nc1ccc(Cl)c(NC(=O)CCOc2ccc(C)cc2Cl)c1. The highest BCUT2D eigenvalue weighted by atomic mass is 35.5. The van der Waals surface area contributed by atoms with Crippen LogP contribution in [0.5, 0.6) is 5.75 Å². The van der Waals surface area contributed by atoms with Gasteiger partial charge in [-0.3, -0.25) is 9.59 Å². The number of amides is 2. The number of nitrogens with one attached hydrogen (secondary N) is 2. The van der Waals surface area contributed by atoms with Crippen LogP contribution in [-0.4, -0.2) is 18.4 Å². The summed E-state index contributed by atoms with van der Waals surface area (Å²) in [5.74, 6) is 0.0684. The molecular weight excluding hydrogens is 363 g/mol. The third-order valence-electron chi connectivity index (χ3n) is 3.23. The minimum atomic E-state index is -0.259. The van der Waals surface area contributed by atoms with Crippen LogP contribution in [0.1, 0.15) is 18.9 Å². The van der Waals surface area contributed by atoms with Crippen molar-refractivity contribution >= 4 is 46.4 Å². The Labute approximate surface area is 156 Å². The highest BCUT2D eigenvalue weighted by molar-refractivity contribution is 6.34. The second kappa shape index (κ2) is 8.74. The molecule has 0 aliphatic carbocycles. The van der Waals surface area contributed by atoms with E-state index in [4.69, 9.17) is 27.9 Å². The molecule has 0 heterocycles. The maximum absolute atomic E-state index is 12.1. The lowest BCUT2D eigenvalue weighted by Crippen LogP contribution is -2.16. The molecule has 25 heavy (non-hydrogen) atoms. The molecule has 5 nitrogen and oxygen atoms in total. The number of carbonyl (C=O) groups is 2. The topological polar surface area (TPSA) is 67.4 Å². The molecule has 132 valence electrons. The molecule has 0 spiro atoms. The van der Waals surface area contributed by atoms with E-state index in [9.17, 15) is 9.59 Å². The van der Waals surface area contributed by atoms with Crippen LogP contribution in [0.4, 0.5) is 11.4 Å². The number of halogens is 2. The smallest absolute Gasteiger partial charge is 0.227 e. The molecule has 0 radical (unpaired) electrons. The Morgan fingerprint density at radius 3 is 2.48 bits per heavy atom. The molecule has 2 amide bonds. The molecule has 0 saturated carbocycles. The van der Waals surface area contributed by atoms with E-state index in [2.05, 4.69) is 10.6 Å². The van der Waals surface area contributed by atoms with Gasteiger partial charge in [0.05, 0.1) is 28.8 Å². The van der Waals surface area contributed by atoms with Crippen molar-refractivity contribution in [3.63, 3.8) is 0 Å². The summed E-state index contributed by atoms with van der Waals surface area (Å²) in [5.41, 5.74) is 2.00. The van der Waals surface area contributed by atoms with Crippen LogP contribution in [0.2, 0.25) is 10.0 Å². The molecule has 0 unspecified atom stereocenters. The van der Waals surface area contributed by atoms with Crippen LogP contribution in [0, 0.1) is 6.92 Å². The zero-order valence-corrected chi connectivity index (χ0v) is 15.4. The monoisotopic (exact) mass is 380 g/mol. The molecule has 2 rings (SSSR count). The fourth-order valence-electron chi connectivity index (χ4n) is 2.09. The first-order chi connectivity index (χ1) is 11.8. The van der Waals surface area contributed by atoms with E-state index >= 15 is 0 Å². The third-order valence-corrected chi connectivity index (χ3v) is 3.86. The minimum Gasteiger partial charge on any atom is -0.491 e. The van der Waals surface area contributed by atoms with Crippen LogP contribution in [-0.2, 0) is 9.59 Å². The largest absolute Gasteiger partial charge is 0.491 e. The Bertz CT molecular complexity index is 794. The molecule has 0 bridgehead atoms. The highest BCUT2D eigenvalue weighted by Gasteiger charge is 2.09. The second-order valence-corrected chi connectivity index (χ2v) is 6.27. The van der Waals surface area contributed by atoms with Gasteiger partial charge in [-0.2, -0.15) is 0 Å². The zero-order chi connectivity index (χ0) is 18.4. The van der Waals surface area contributed by atoms with Gasteiger partial charge in [0, 0.05) is 12.6 Å². The van der Waals surface area contributed by atoms with Crippen LogP contribution in [0.3, 0.4) is 0 Å². The molecule has 0 aliphatic rings. The van der Waals surface area contributed by atoms with Crippen molar-refractivity contribution in [1.29, 1.82) is 0 Å². The van der Waals surface area contributed by atoms with E-state index in [1.165, 1.54) is 6.92 Å². The summed E-state index contributed by atoms with van der Waals surface area (Å²) in [6.45, 7) is 3.51. The van der Waals surface area contributed by atoms with Crippen molar-refractivity contribution in [2.75, 3.05) is 17.2 Å². The van der Waals surface area contributed by atoms with E-state index in [1.807, 2.05) is 13.0 Å². The Kier molecular flexibility index (Phi) is 6.67. The number of anilines is 2. The zero-order valence-electron chi connectivity index (χ0n) is 13.9. The van der Waals surface area contributed by atoms with Crippen LogP contribution < -0.4 is 15.4 Å². The van der Waals surface area contributed by atoms with Gasteiger partial charge in [-0.25, -0.2) is 0 Å². The number of rotatable bonds is 6. The van der Waals surface area contributed by atoms with Gasteiger partial charge in [-0.15, -0.1) is 0 Å². The molecule has 2 aromatic rings. The van der Waals surface area contributed by atoms with Crippen molar-refractivity contribution in [2.45, 2.75) is 20.3 Å². The summed E-state index contributed by atoms with van der Waals surface area (Å²) >= 11 is 12.1. The van der Waals surface area contributed by atoms with Crippen molar-refractivity contribution in [3.8, 4) is 5.75 Å². The lowest BCUT2D eigenvalue weighted by Gasteiger charge is -2.11. The Balaban J connectivity index is 1.90. The van der Waals surface area contributed by atoms with Crippen LogP contribution in [0.25, 0.3) is 0 Å². The maximum Gasteiger partial charge on any atom is 0.227 e. The van der Waals surface area contributed by atoms with Gasteiger partial charge in [-0.05, 0) is 42.8 Å². The molecular formula is C18H18Cl2N2O3. The quantitative estimate of drug-likeness (QED) is 0.764. The van der Waals surface area contributed by atoms with Gasteiger partial charge in [-0.1, -0.05) is 29.3 Å². The predicted octanol–water partition coefficient (Wildman–Crippen LogP) is 4.67. The minimum absolute atomic E-state index is 0.130. The molecule has 7 heteroatoms. The standard InChI is InChI=1S/C18H18Cl2N2O3/c1-11-3-6-17(15(20)9-11)25-8-7-18(24)22-16-10-13(21-12(2)23)4-5-14(16)19/h3-6,9-10H,7-8H2,1-2H3,(H,21,23)(H,22,24). The average molecular weight is 381 g/mol. The van der Waals surface area contributed by atoms with E-state index < -0.39 is 0 Å². The summed E-state index contributed by atoms with van der Waals surface area (Å²) in [7, 11) is 0. The fraction of sp³-hybridized carbons (Fsp3) is 0.222. The van der Waals surface area contributed by atoms with E-state index in [0.29, 0.717) is 27.2 Å². The molecule has 2 N–H and O–H groups in total. The number of hydrogen-bond donors (Lipinski definition) is 2. The van der Waals surface area contributed by atoms with E-state index in [1.54, 1.807) is 30.3 Å². The molecule has 0 saturated heterocycles. The van der Waals surface area contributed by atoms with Gasteiger partial charge < -0.3 is 15.4 Å². The van der Waals surface area contributed by atoms with Crippen LogP contribution in [0.15, 0.2) is 36.4 Å². The Hall–Kier alpha value is -2.24. The van der Waals surface area contributed by atoms with Gasteiger partial charge in [0.2, 0.25) is 11.8 Å². The highest BCUT2D eigenvalue weighted by Crippen LogP contribution is 2.27. The Morgan fingerprint density at radius 2 is 1.80 bits per heavy atom. The number of carbonyl (C=O) groups excluding carboxylic acids is 2. The molecule has 0 atom stereocenters. The van der Waals surface area contributed by atoms with Gasteiger partial charge in [0.1, 0.15) is 5.75 Å². The normalized spacial score (nSPS) is 10.2. The fourth-order valence-corrected chi connectivity index (χ4v) is 2.55. The molecule has 0 aliphatic heterocycles. The predicted molar refractivity (Wildman–Crippen MR) is 101 cm³/mol. The second-order valence-electron chi connectivity index (χ2n) is 5.46. The number of aryl methyl sites for hydroxylation is 1. The van der Waals surface area contributed by atoms with Crippen LogP contribution >= 0.6 is 23.2 Å². The van der Waals surface area contributed by atoms with Gasteiger partial charge in [0.25, 0.3) is 0 Å². The van der Waals surface area contributed by atoms with Gasteiger partial charge in [0.15, 0.2) is 0 Å². The summed E-state index contributed by atoms with van der Waals surface area (Å²) in [4.78, 5) is 23.2. The summed E-state index contributed by atoms with van der Waals surface area (Å²) in [6.07, 6.45) is 0.130. The third kappa shape index (κ3) is 5.96. The van der Waals surface area contributed by atoms with Crippen molar-refractivity contribution in [2.24, 2.45) is 0 Å². The average Bonchev–Trinajstić information content (AvgIpc) is 2.52. The van der Waals surface area contributed by atoms with Crippen molar-refractivity contribution in [1.82, 2.24) is 0 Å². The number of hydrogen-bond acceptors (Lipinski definition) is 3. The molecule has 0 aromatic heterocycles. The lowest BCUT2D eigenvalue weighted by molar-refractivity contribution is -0.116. The van der Waals surface area contributed by atoms with Gasteiger partial charge >= 0.3 is 0 Å². The van der Waals surface area contributed by atoms with E-state index in [-0.39, 0.29) is 24.8 Å². The Morgan fingerprint density at radius 1 is 1.04 bits per heavy atom. The first kappa shape index (κ1) is 19.1. The summed E-state index contributed by atoms with van der Waals surface area (Å²) in [6, 6.07) is 10.3. The van der Waals surface area contributed by atoms with E-state index in [0.717, 1.165) is 5.56 Å². The first-order valence-corrected chi connectivity index (χ1v) is 8.36. The number of ether oxygens (including phenoxy) is 1. The summed E-state index contributed by atoms with van der Waals surface area (Å²) < 4.78 is 5.52. The molecule has 0 fully saturated rings. The van der Waals surface area contributed by atoms with Crippen molar-refractivity contribution < 1.29 is 14.3 Å². The molecule has 2 aromatic carbocycles. The summed E-state index contributed by atoms with van der Waals surface area (Å²) in [5, 5.41) is 6.22. The van der Waals surface area contributed by atoms with Crippen molar-refractivity contribution in [3.05, 3.63) is 52.0 Å². The lowest BCUT2D eigenvalue weighted by atomic mass is 10.2. The first-order valence-electron chi connectivity index (χ1n) is 7.61. The maximum atomic E-state index is 12.1.